The van der Waals surface area contributed by atoms with Crippen LogP contribution in [0.15, 0.2) is 48.8 Å². The Morgan fingerprint density at radius 2 is 1.58 bits per heavy atom. The molecule has 11 nitrogen and oxygen atoms in total. The third-order valence-electron chi connectivity index (χ3n) is 6.39. The standard InChI is InChI=1S/C26H30N6O5S/c1-16-13-28-20(14-27-16)17(2)18(3)38(33,34)15-23-30-31-26(19-9-7-12-24(29-19)37-6)32(23)25-21(35-4)10-8-11-22(25)36-5/h7-14,17-18H,15H2,1-6H3/t17-,18-/m0/s1. The quantitative estimate of drug-likeness (QED) is 0.295. The molecular formula is C26H30N6O5S. The van der Waals surface area contributed by atoms with Gasteiger partial charge in [0.25, 0.3) is 0 Å². The van der Waals surface area contributed by atoms with Crippen LogP contribution in [0.2, 0.25) is 0 Å². The van der Waals surface area contributed by atoms with Crippen molar-refractivity contribution < 1.29 is 22.6 Å². The van der Waals surface area contributed by atoms with Crippen molar-refractivity contribution in [2.75, 3.05) is 21.3 Å². The van der Waals surface area contributed by atoms with Crippen LogP contribution in [0.5, 0.6) is 17.4 Å². The van der Waals surface area contributed by atoms with Gasteiger partial charge in [0.05, 0.1) is 38.0 Å². The van der Waals surface area contributed by atoms with Crippen molar-refractivity contribution in [3.05, 3.63) is 66.0 Å². The second-order valence-electron chi connectivity index (χ2n) is 8.74. The maximum Gasteiger partial charge on any atom is 0.213 e. The zero-order valence-corrected chi connectivity index (χ0v) is 22.9. The molecule has 3 heterocycles. The second-order valence-corrected chi connectivity index (χ2v) is 11.1. The van der Waals surface area contributed by atoms with Gasteiger partial charge >= 0.3 is 0 Å². The molecular weight excluding hydrogens is 508 g/mol. The van der Waals surface area contributed by atoms with Gasteiger partial charge in [-0.05, 0) is 32.0 Å². The number of nitrogens with zero attached hydrogens (tertiary/aromatic N) is 6. The van der Waals surface area contributed by atoms with E-state index in [4.69, 9.17) is 14.2 Å². The summed E-state index contributed by atoms with van der Waals surface area (Å²) < 4.78 is 45.5. The SMILES string of the molecule is COc1cccc(-c2nnc(CS(=O)(=O)[C@@H](C)[C@H](C)c3cnc(C)cn3)n2-c2c(OC)cccc2OC)n1. The first-order valence-electron chi connectivity index (χ1n) is 11.9. The molecule has 38 heavy (non-hydrogen) atoms. The average Bonchev–Trinajstić information content (AvgIpc) is 3.34. The average molecular weight is 539 g/mol. The van der Waals surface area contributed by atoms with Crippen molar-refractivity contribution in [2.45, 2.75) is 37.7 Å². The lowest BCUT2D eigenvalue weighted by molar-refractivity contribution is 0.390. The molecule has 0 bridgehead atoms. The summed E-state index contributed by atoms with van der Waals surface area (Å²) in [6.45, 7) is 5.31. The zero-order valence-electron chi connectivity index (χ0n) is 22.1. The third kappa shape index (κ3) is 5.30. The first-order valence-corrected chi connectivity index (χ1v) is 13.6. The first kappa shape index (κ1) is 27.0. The van der Waals surface area contributed by atoms with Crippen molar-refractivity contribution in [2.24, 2.45) is 0 Å². The highest BCUT2D eigenvalue weighted by Gasteiger charge is 2.32. The molecule has 200 valence electrons. The van der Waals surface area contributed by atoms with E-state index in [1.807, 2.05) is 13.8 Å². The lowest BCUT2D eigenvalue weighted by Crippen LogP contribution is -2.27. The van der Waals surface area contributed by atoms with Crippen LogP contribution in [0.3, 0.4) is 0 Å². The van der Waals surface area contributed by atoms with E-state index in [2.05, 4.69) is 25.1 Å². The molecule has 0 N–H and O–H groups in total. The fourth-order valence-corrected chi connectivity index (χ4v) is 5.59. The van der Waals surface area contributed by atoms with Crippen LogP contribution in [-0.2, 0) is 15.6 Å². The van der Waals surface area contributed by atoms with E-state index in [0.29, 0.717) is 40.3 Å². The summed E-state index contributed by atoms with van der Waals surface area (Å²) in [4.78, 5) is 13.1. The fraction of sp³-hybridized carbons (Fsp3) is 0.346. The van der Waals surface area contributed by atoms with E-state index in [9.17, 15) is 8.42 Å². The second kappa shape index (κ2) is 11.1. The molecule has 0 aliphatic rings. The summed E-state index contributed by atoms with van der Waals surface area (Å²) in [6.07, 6.45) is 3.24. The smallest absolute Gasteiger partial charge is 0.213 e. The Balaban J connectivity index is 1.84. The molecule has 0 unspecified atom stereocenters. The molecule has 4 rings (SSSR count). The van der Waals surface area contributed by atoms with Gasteiger partial charge in [-0.15, -0.1) is 10.2 Å². The molecule has 0 aliphatic heterocycles. The molecule has 0 saturated heterocycles. The Morgan fingerprint density at radius 3 is 2.18 bits per heavy atom. The van der Waals surface area contributed by atoms with Crippen LogP contribution in [0.1, 0.15) is 37.0 Å². The molecule has 3 aromatic heterocycles. The molecule has 2 atom stereocenters. The summed E-state index contributed by atoms with van der Waals surface area (Å²) in [7, 11) is 0.818. The van der Waals surface area contributed by atoms with Crippen molar-refractivity contribution in [3.8, 4) is 34.6 Å². The molecule has 12 heteroatoms. The summed E-state index contributed by atoms with van der Waals surface area (Å²) in [6, 6.07) is 10.5. The number of sulfone groups is 1. The van der Waals surface area contributed by atoms with E-state index in [1.54, 1.807) is 60.3 Å². The number of methoxy groups -OCH3 is 3. The van der Waals surface area contributed by atoms with Gasteiger partial charge in [-0.3, -0.25) is 14.5 Å². The van der Waals surface area contributed by atoms with Gasteiger partial charge < -0.3 is 14.2 Å². The van der Waals surface area contributed by atoms with Crippen molar-refractivity contribution in [1.29, 1.82) is 0 Å². The molecule has 0 saturated carbocycles. The molecule has 0 spiro atoms. The lowest BCUT2D eigenvalue weighted by Gasteiger charge is -2.21. The summed E-state index contributed by atoms with van der Waals surface area (Å²) in [5, 5.41) is 7.87. The summed E-state index contributed by atoms with van der Waals surface area (Å²) in [5.41, 5.74) is 2.25. The number of benzene rings is 1. The fourth-order valence-electron chi connectivity index (χ4n) is 4.02. The number of ether oxygens (including phenoxy) is 3. The minimum Gasteiger partial charge on any atom is -0.494 e. The number of para-hydroxylation sites is 1. The van der Waals surface area contributed by atoms with E-state index in [1.165, 1.54) is 21.3 Å². The highest BCUT2D eigenvalue weighted by atomic mass is 32.2. The van der Waals surface area contributed by atoms with E-state index in [-0.39, 0.29) is 5.82 Å². The predicted octanol–water partition coefficient (Wildman–Crippen LogP) is 3.56. The van der Waals surface area contributed by atoms with Crippen molar-refractivity contribution in [3.63, 3.8) is 0 Å². The number of rotatable bonds is 10. The molecule has 0 fully saturated rings. The van der Waals surface area contributed by atoms with Crippen LogP contribution in [0, 0.1) is 6.92 Å². The van der Waals surface area contributed by atoms with Gasteiger partial charge in [0.1, 0.15) is 28.6 Å². The Morgan fingerprint density at radius 1 is 0.895 bits per heavy atom. The van der Waals surface area contributed by atoms with Crippen molar-refractivity contribution >= 4 is 9.84 Å². The van der Waals surface area contributed by atoms with Gasteiger partial charge in [-0.2, -0.15) is 0 Å². The van der Waals surface area contributed by atoms with Gasteiger partial charge in [0.2, 0.25) is 5.88 Å². The Kier molecular flexibility index (Phi) is 7.91. The van der Waals surface area contributed by atoms with Crippen LogP contribution in [0.4, 0.5) is 0 Å². The van der Waals surface area contributed by atoms with E-state index >= 15 is 0 Å². The minimum absolute atomic E-state index is 0.182. The van der Waals surface area contributed by atoms with E-state index in [0.717, 1.165) is 5.69 Å². The van der Waals surface area contributed by atoms with Gasteiger partial charge in [-0.25, -0.2) is 13.4 Å². The van der Waals surface area contributed by atoms with Crippen LogP contribution in [-0.4, -0.2) is 64.7 Å². The molecule has 0 amide bonds. The van der Waals surface area contributed by atoms with Crippen LogP contribution >= 0.6 is 0 Å². The Bertz CT molecular complexity index is 1500. The lowest BCUT2D eigenvalue weighted by atomic mass is 10.1. The highest BCUT2D eigenvalue weighted by molar-refractivity contribution is 7.91. The minimum atomic E-state index is -3.74. The number of aryl methyl sites for hydroxylation is 1. The molecule has 1 aromatic carbocycles. The first-order chi connectivity index (χ1) is 18.2. The maximum atomic E-state index is 13.7. The number of pyridine rings is 1. The Labute approximate surface area is 221 Å². The topological polar surface area (TPSA) is 131 Å². The summed E-state index contributed by atoms with van der Waals surface area (Å²) >= 11 is 0. The van der Waals surface area contributed by atoms with E-state index < -0.39 is 26.8 Å². The van der Waals surface area contributed by atoms with Crippen LogP contribution in [0.25, 0.3) is 17.2 Å². The third-order valence-corrected chi connectivity index (χ3v) is 8.59. The summed E-state index contributed by atoms with van der Waals surface area (Å²) in [5.74, 6) is 0.968. The molecule has 0 aliphatic carbocycles. The van der Waals surface area contributed by atoms with Crippen molar-refractivity contribution in [1.82, 2.24) is 29.7 Å². The number of aromatic nitrogens is 6. The monoisotopic (exact) mass is 538 g/mol. The number of hydrogen-bond donors (Lipinski definition) is 0. The van der Waals surface area contributed by atoms with Gasteiger partial charge in [-0.1, -0.05) is 19.1 Å². The number of hydrogen-bond acceptors (Lipinski definition) is 10. The van der Waals surface area contributed by atoms with Gasteiger partial charge in [0.15, 0.2) is 21.5 Å². The highest BCUT2D eigenvalue weighted by Crippen LogP contribution is 2.37. The zero-order chi connectivity index (χ0) is 27.4. The largest absolute Gasteiger partial charge is 0.494 e. The van der Waals surface area contributed by atoms with Gasteiger partial charge in [0, 0.05) is 24.4 Å². The predicted molar refractivity (Wildman–Crippen MR) is 142 cm³/mol. The molecule has 0 radical (unpaired) electrons. The van der Waals surface area contributed by atoms with Crippen LogP contribution < -0.4 is 14.2 Å². The molecule has 4 aromatic rings. The Hall–Kier alpha value is -4.06. The normalized spacial score (nSPS) is 13.1. The maximum absolute atomic E-state index is 13.7.